The lowest BCUT2D eigenvalue weighted by Crippen LogP contribution is -2.04. The van der Waals surface area contributed by atoms with Crippen LogP contribution in [-0.2, 0) is 6.18 Å². The van der Waals surface area contributed by atoms with Gasteiger partial charge in [-0.1, -0.05) is 16.5 Å². The maximum atomic E-state index is 12.1. The van der Waals surface area contributed by atoms with E-state index in [-0.39, 0.29) is 0 Å². The lowest BCUT2D eigenvalue weighted by atomic mass is 10.2. The van der Waals surface area contributed by atoms with Gasteiger partial charge in [-0.05, 0) is 24.3 Å². The first kappa shape index (κ1) is 10.3. The second-order valence-electron chi connectivity index (χ2n) is 2.45. The summed E-state index contributed by atoms with van der Waals surface area (Å²) in [5, 5.41) is 5.41. The first-order valence-corrected chi connectivity index (χ1v) is 4.82. The molecular formula is C8H8F3NS. The standard InChI is InChI=1S/C8H8F3NS/c1-13(12)7-4-2-6(3-5-7)8(9,10)11/h2-5H,1,12H2. The summed E-state index contributed by atoms with van der Waals surface area (Å²) in [6, 6.07) is 4.71. The second kappa shape index (κ2) is 3.51. The van der Waals surface area contributed by atoms with Gasteiger partial charge in [-0.2, -0.15) is 13.2 Å². The molecule has 0 fully saturated rings. The zero-order valence-corrected chi connectivity index (χ0v) is 7.45. The zero-order valence-electron chi connectivity index (χ0n) is 6.64. The molecule has 1 unspecified atom stereocenters. The van der Waals surface area contributed by atoms with Crippen LogP contribution in [0.3, 0.4) is 0 Å². The molecule has 1 aromatic carbocycles. The van der Waals surface area contributed by atoms with Crippen LogP contribution in [0.15, 0.2) is 29.2 Å². The van der Waals surface area contributed by atoms with E-state index in [4.69, 9.17) is 5.14 Å². The van der Waals surface area contributed by atoms with Crippen molar-refractivity contribution in [3.05, 3.63) is 29.8 Å². The Labute approximate surface area is 76.4 Å². The van der Waals surface area contributed by atoms with Gasteiger partial charge in [0.25, 0.3) is 0 Å². The van der Waals surface area contributed by atoms with Crippen LogP contribution in [0.2, 0.25) is 0 Å². The van der Waals surface area contributed by atoms with Gasteiger partial charge in [0.1, 0.15) is 0 Å². The van der Waals surface area contributed by atoms with Gasteiger partial charge in [-0.25, -0.2) is 0 Å². The molecule has 1 nitrogen and oxygen atoms in total. The van der Waals surface area contributed by atoms with E-state index in [1.54, 1.807) is 0 Å². The number of benzene rings is 1. The molecule has 0 saturated heterocycles. The minimum atomic E-state index is -4.28. The number of nitrogens with two attached hydrogens (primary N) is 1. The van der Waals surface area contributed by atoms with Crippen LogP contribution in [0.4, 0.5) is 13.2 Å². The van der Waals surface area contributed by atoms with E-state index in [9.17, 15) is 13.2 Å². The highest BCUT2D eigenvalue weighted by Crippen LogP contribution is 2.30. The van der Waals surface area contributed by atoms with E-state index < -0.39 is 22.4 Å². The van der Waals surface area contributed by atoms with E-state index in [1.165, 1.54) is 12.1 Å². The molecule has 0 saturated carbocycles. The normalized spacial score (nSPS) is 14.2. The van der Waals surface area contributed by atoms with Crippen LogP contribution in [0.25, 0.3) is 0 Å². The van der Waals surface area contributed by atoms with Crippen LogP contribution in [-0.4, -0.2) is 5.87 Å². The Kier molecular flexibility index (Phi) is 2.77. The second-order valence-corrected chi connectivity index (χ2v) is 3.78. The van der Waals surface area contributed by atoms with Gasteiger partial charge in [0, 0.05) is 4.90 Å². The summed E-state index contributed by atoms with van der Waals surface area (Å²) >= 11 is 0. The molecule has 0 aliphatic carbocycles. The van der Waals surface area contributed by atoms with Crippen molar-refractivity contribution in [2.45, 2.75) is 11.1 Å². The summed E-state index contributed by atoms with van der Waals surface area (Å²) in [5.74, 6) is 3.52. The topological polar surface area (TPSA) is 26.0 Å². The number of hydrogen-bond donors (Lipinski definition) is 1. The van der Waals surface area contributed by atoms with Crippen LogP contribution in [0.1, 0.15) is 5.56 Å². The highest BCUT2D eigenvalue weighted by Gasteiger charge is 2.29. The van der Waals surface area contributed by atoms with Gasteiger partial charge in [0.2, 0.25) is 0 Å². The third-order valence-electron chi connectivity index (χ3n) is 1.48. The van der Waals surface area contributed by atoms with Crippen molar-refractivity contribution in [2.75, 3.05) is 0 Å². The largest absolute Gasteiger partial charge is 0.416 e. The predicted octanol–water partition coefficient (Wildman–Crippen LogP) is 2.64. The zero-order chi connectivity index (χ0) is 10.1. The van der Waals surface area contributed by atoms with Gasteiger partial charge < -0.3 is 0 Å². The molecule has 0 aliphatic heterocycles. The SMILES string of the molecule is C=S(N)c1ccc(C(F)(F)F)cc1. The third kappa shape index (κ3) is 2.57. The monoisotopic (exact) mass is 207 g/mol. The molecule has 5 heteroatoms. The van der Waals surface area contributed by atoms with Crippen LogP contribution in [0, 0.1) is 0 Å². The molecule has 1 rings (SSSR count). The van der Waals surface area contributed by atoms with E-state index in [0.29, 0.717) is 4.90 Å². The Bertz CT molecular complexity index is 315. The lowest BCUT2D eigenvalue weighted by Gasteiger charge is -2.07. The van der Waals surface area contributed by atoms with Gasteiger partial charge >= 0.3 is 6.18 Å². The van der Waals surface area contributed by atoms with Gasteiger partial charge in [-0.3, -0.25) is 5.14 Å². The number of halogens is 3. The van der Waals surface area contributed by atoms with Crippen LogP contribution in [0.5, 0.6) is 0 Å². The highest BCUT2D eigenvalue weighted by atomic mass is 32.2. The molecule has 1 aromatic rings. The van der Waals surface area contributed by atoms with Crippen molar-refractivity contribution in [1.82, 2.24) is 0 Å². The fraction of sp³-hybridized carbons (Fsp3) is 0.125. The van der Waals surface area contributed by atoms with E-state index in [2.05, 4.69) is 5.87 Å². The summed E-state index contributed by atoms with van der Waals surface area (Å²) in [6.45, 7) is 0. The number of alkyl halides is 3. The van der Waals surface area contributed by atoms with Crippen molar-refractivity contribution >= 4 is 16.5 Å². The minimum Gasteiger partial charge on any atom is -0.280 e. The first-order chi connectivity index (χ1) is 5.91. The van der Waals surface area contributed by atoms with Crippen molar-refractivity contribution in [3.63, 3.8) is 0 Å². The summed E-state index contributed by atoms with van der Waals surface area (Å²) in [7, 11) is -0.731. The van der Waals surface area contributed by atoms with Crippen molar-refractivity contribution in [2.24, 2.45) is 5.14 Å². The molecule has 13 heavy (non-hydrogen) atoms. The lowest BCUT2D eigenvalue weighted by molar-refractivity contribution is -0.137. The molecule has 0 heterocycles. The minimum absolute atomic E-state index is 0.619. The molecule has 0 amide bonds. The molecule has 0 aliphatic rings. The summed E-state index contributed by atoms with van der Waals surface area (Å²) in [4.78, 5) is 0.619. The number of rotatable bonds is 1. The Morgan fingerprint density at radius 1 is 1.15 bits per heavy atom. The fourth-order valence-electron chi connectivity index (χ4n) is 0.819. The van der Waals surface area contributed by atoms with Gasteiger partial charge in [-0.15, -0.1) is 0 Å². The van der Waals surface area contributed by atoms with E-state index in [0.717, 1.165) is 12.1 Å². The summed E-state index contributed by atoms with van der Waals surface area (Å²) in [5.41, 5.74) is -0.665. The van der Waals surface area contributed by atoms with Crippen molar-refractivity contribution in [1.29, 1.82) is 0 Å². The quantitative estimate of drug-likeness (QED) is 0.704. The molecule has 72 valence electrons. The molecule has 0 bridgehead atoms. The Morgan fingerprint density at radius 3 is 1.92 bits per heavy atom. The smallest absolute Gasteiger partial charge is 0.280 e. The molecule has 1 atom stereocenters. The molecular weight excluding hydrogens is 199 g/mol. The van der Waals surface area contributed by atoms with E-state index in [1.807, 2.05) is 0 Å². The van der Waals surface area contributed by atoms with Gasteiger partial charge in [0.15, 0.2) is 0 Å². The molecule has 0 radical (unpaired) electrons. The summed E-state index contributed by atoms with van der Waals surface area (Å²) in [6.07, 6.45) is -4.28. The molecule has 2 N–H and O–H groups in total. The Morgan fingerprint density at radius 2 is 1.62 bits per heavy atom. The fourth-order valence-corrected chi connectivity index (χ4v) is 1.30. The highest BCUT2D eigenvalue weighted by molar-refractivity contribution is 8.12. The van der Waals surface area contributed by atoms with E-state index >= 15 is 0 Å². The first-order valence-electron chi connectivity index (χ1n) is 3.37. The van der Waals surface area contributed by atoms with Crippen LogP contribution >= 0.6 is 10.7 Å². The van der Waals surface area contributed by atoms with Crippen LogP contribution < -0.4 is 5.14 Å². The van der Waals surface area contributed by atoms with Gasteiger partial charge in [0.05, 0.1) is 5.56 Å². The maximum Gasteiger partial charge on any atom is 0.416 e. The summed E-state index contributed by atoms with van der Waals surface area (Å²) < 4.78 is 36.2. The molecule has 0 aromatic heterocycles. The maximum absolute atomic E-state index is 12.1. The van der Waals surface area contributed by atoms with Crippen molar-refractivity contribution in [3.8, 4) is 0 Å². The Balaban J connectivity index is 3.01. The predicted molar refractivity (Wildman–Crippen MR) is 48.6 cm³/mol. The number of hydrogen-bond acceptors (Lipinski definition) is 1. The Hall–Kier alpha value is -0.810. The average molecular weight is 207 g/mol. The van der Waals surface area contributed by atoms with Crippen molar-refractivity contribution < 1.29 is 13.2 Å². The average Bonchev–Trinajstić information content (AvgIpc) is 2.03. The molecule has 0 spiro atoms. The third-order valence-corrected chi connectivity index (χ3v) is 2.36.